The molecule has 0 aliphatic heterocycles. The SMILES string of the molecule is C=C(C)n1cc(SC(C)(C)C)c(OC[C@H](C)OCc2ccccc2)cc1=NC.CC.O.O. The molecule has 1 atom stereocenters. The number of ether oxygens (including phenoxy) is 2. The highest BCUT2D eigenvalue weighted by Gasteiger charge is 2.18. The summed E-state index contributed by atoms with van der Waals surface area (Å²) in [4.78, 5) is 5.44. The van der Waals surface area contributed by atoms with Crippen molar-refractivity contribution in [2.24, 2.45) is 4.99 Å². The lowest BCUT2D eigenvalue weighted by Gasteiger charge is -2.22. The van der Waals surface area contributed by atoms with E-state index in [1.165, 1.54) is 0 Å². The first kappa shape index (κ1) is 32.1. The molecule has 0 aliphatic rings. The maximum absolute atomic E-state index is 6.16. The third kappa shape index (κ3) is 11.0. The van der Waals surface area contributed by atoms with Crippen LogP contribution in [0.1, 0.15) is 54.0 Å². The summed E-state index contributed by atoms with van der Waals surface area (Å²) in [6.07, 6.45) is 2.04. The molecule has 1 aromatic carbocycles. The summed E-state index contributed by atoms with van der Waals surface area (Å²) in [5, 5.41) is 0. The van der Waals surface area contributed by atoms with Crippen molar-refractivity contribution >= 4 is 17.5 Å². The van der Waals surface area contributed by atoms with Crippen LogP contribution in [0.5, 0.6) is 5.75 Å². The molecule has 0 radical (unpaired) electrons. The van der Waals surface area contributed by atoms with E-state index in [1.807, 2.05) is 56.5 Å². The first-order valence-corrected chi connectivity index (χ1v) is 11.3. The molecule has 0 unspecified atom stereocenters. The second-order valence-corrected chi connectivity index (χ2v) is 9.69. The summed E-state index contributed by atoms with van der Waals surface area (Å²) in [5.74, 6) is 0.827. The minimum atomic E-state index is -0.0248. The van der Waals surface area contributed by atoms with E-state index in [9.17, 15) is 0 Å². The average molecular weight is 467 g/mol. The summed E-state index contributed by atoms with van der Waals surface area (Å²) in [6, 6.07) is 12.2. The van der Waals surface area contributed by atoms with Crippen molar-refractivity contribution in [2.75, 3.05) is 13.7 Å². The molecule has 1 aromatic heterocycles. The van der Waals surface area contributed by atoms with Gasteiger partial charge in [0, 0.05) is 29.8 Å². The van der Waals surface area contributed by atoms with Crippen molar-refractivity contribution in [3.05, 3.63) is 60.2 Å². The van der Waals surface area contributed by atoms with E-state index in [-0.39, 0.29) is 21.8 Å². The summed E-state index contributed by atoms with van der Waals surface area (Å²) < 4.78 is 14.2. The van der Waals surface area contributed by atoms with Crippen molar-refractivity contribution in [2.45, 2.75) is 70.8 Å². The molecule has 32 heavy (non-hydrogen) atoms. The van der Waals surface area contributed by atoms with Gasteiger partial charge in [-0.2, -0.15) is 0 Å². The smallest absolute Gasteiger partial charge is 0.138 e. The molecule has 0 aliphatic carbocycles. The fourth-order valence-electron chi connectivity index (χ4n) is 2.57. The summed E-state index contributed by atoms with van der Waals surface area (Å²) in [5.41, 5.74) is 2.90. The van der Waals surface area contributed by atoms with E-state index >= 15 is 0 Å². The molecule has 0 saturated carbocycles. The molecule has 2 rings (SSSR count). The standard InChI is InChI=1S/C23H32N2O2S.C2H6.2H2O/c1-17(2)25-14-21(28-23(4,5)6)20(13-22(25)24-7)27-15-18(3)26-16-19-11-9-8-10-12-19;1-2;;/h8-14,18H,1,15-16H2,2-7H3;1-2H3;2*1H2/t18-;;;/m0.../s1. The van der Waals surface area contributed by atoms with Gasteiger partial charge in [0.15, 0.2) is 0 Å². The van der Waals surface area contributed by atoms with E-state index in [0.717, 1.165) is 27.4 Å². The lowest BCUT2D eigenvalue weighted by molar-refractivity contribution is 0.0207. The number of pyridine rings is 1. The van der Waals surface area contributed by atoms with Crippen LogP contribution in [0.25, 0.3) is 5.70 Å². The van der Waals surface area contributed by atoms with E-state index in [0.29, 0.717) is 13.2 Å². The van der Waals surface area contributed by atoms with E-state index in [1.54, 1.807) is 18.8 Å². The largest absolute Gasteiger partial charge is 0.490 e. The molecule has 1 heterocycles. The van der Waals surface area contributed by atoms with Crippen LogP contribution in [0, 0.1) is 0 Å². The number of rotatable bonds is 8. The van der Waals surface area contributed by atoms with Gasteiger partial charge in [-0.3, -0.25) is 4.99 Å². The first-order valence-electron chi connectivity index (χ1n) is 10.5. The first-order chi connectivity index (χ1) is 14.2. The van der Waals surface area contributed by atoms with Gasteiger partial charge in [0.1, 0.15) is 17.8 Å². The number of hydrogen-bond donors (Lipinski definition) is 0. The lowest BCUT2D eigenvalue weighted by Crippen LogP contribution is -2.23. The van der Waals surface area contributed by atoms with Crippen molar-refractivity contribution in [3.8, 4) is 5.75 Å². The second-order valence-electron chi connectivity index (χ2n) is 7.82. The molecular weight excluding hydrogens is 424 g/mol. The van der Waals surface area contributed by atoms with Crippen LogP contribution in [-0.4, -0.2) is 40.0 Å². The Labute approximate surface area is 198 Å². The molecule has 0 spiro atoms. The van der Waals surface area contributed by atoms with Crippen LogP contribution in [-0.2, 0) is 11.3 Å². The van der Waals surface area contributed by atoms with Gasteiger partial charge < -0.3 is 25.0 Å². The highest BCUT2D eigenvalue weighted by molar-refractivity contribution is 8.00. The summed E-state index contributed by atoms with van der Waals surface area (Å²) in [7, 11) is 1.78. The van der Waals surface area contributed by atoms with Gasteiger partial charge in [-0.05, 0) is 19.4 Å². The van der Waals surface area contributed by atoms with Crippen LogP contribution < -0.4 is 10.2 Å². The number of aromatic nitrogens is 1. The Balaban J connectivity index is 0. The maximum atomic E-state index is 6.16. The molecule has 0 fully saturated rings. The average Bonchev–Trinajstić information content (AvgIpc) is 2.72. The highest BCUT2D eigenvalue weighted by atomic mass is 32.2. The molecule has 0 amide bonds. The number of nitrogens with zero attached hydrogens (tertiary/aromatic N) is 2. The van der Waals surface area contributed by atoms with Crippen LogP contribution in [0.3, 0.4) is 0 Å². The Morgan fingerprint density at radius 3 is 2.25 bits per heavy atom. The fraction of sp³-hybridized carbons (Fsp3) is 0.480. The van der Waals surface area contributed by atoms with E-state index < -0.39 is 0 Å². The molecular formula is C25H42N2O4S. The second kappa shape index (κ2) is 15.7. The maximum Gasteiger partial charge on any atom is 0.138 e. The Morgan fingerprint density at radius 2 is 1.75 bits per heavy atom. The Kier molecular flexibility index (Phi) is 15.8. The van der Waals surface area contributed by atoms with Gasteiger partial charge in [-0.1, -0.05) is 71.5 Å². The van der Waals surface area contributed by atoms with E-state index in [2.05, 4.69) is 50.7 Å². The fourth-order valence-corrected chi connectivity index (χ4v) is 3.61. The van der Waals surface area contributed by atoms with Crippen molar-refractivity contribution in [3.63, 3.8) is 0 Å². The highest BCUT2D eigenvalue weighted by Crippen LogP contribution is 2.37. The van der Waals surface area contributed by atoms with Gasteiger partial charge in [0.25, 0.3) is 0 Å². The van der Waals surface area contributed by atoms with Gasteiger partial charge >= 0.3 is 0 Å². The van der Waals surface area contributed by atoms with Crippen LogP contribution in [0.15, 0.2) is 59.1 Å². The number of allylic oxidation sites excluding steroid dienone is 1. The monoisotopic (exact) mass is 466 g/mol. The number of benzene rings is 1. The Bertz CT molecular complexity index is 858. The zero-order valence-electron chi connectivity index (χ0n) is 20.9. The minimum Gasteiger partial charge on any atom is -0.490 e. The van der Waals surface area contributed by atoms with Gasteiger partial charge in [-0.15, -0.1) is 11.8 Å². The third-order valence-corrected chi connectivity index (χ3v) is 5.04. The zero-order valence-corrected chi connectivity index (χ0v) is 21.7. The number of hydrogen-bond acceptors (Lipinski definition) is 4. The quantitative estimate of drug-likeness (QED) is 0.524. The Hall–Kier alpha value is -2.06. The summed E-state index contributed by atoms with van der Waals surface area (Å²) >= 11 is 1.77. The third-order valence-electron chi connectivity index (χ3n) is 3.90. The zero-order chi connectivity index (χ0) is 22.7. The molecule has 4 N–H and O–H groups in total. The molecule has 182 valence electrons. The molecule has 0 saturated heterocycles. The van der Waals surface area contributed by atoms with Crippen LogP contribution in [0.2, 0.25) is 0 Å². The van der Waals surface area contributed by atoms with E-state index in [4.69, 9.17) is 9.47 Å². The van der Waals surface area contributed by atoms with Crippen molar-refractivity contribution in [1.29, 1.82) is 0 Å². The van der Waals surface area contributed by atoms with Gasteiger partial charge in [0.05, 0.1) is 17.6 Å². The van der Waals surface area contributed by atoms with Crippen LogP contribution in [0.4, 0.5) is 0 Å². The lowest BCUT2D eigenvalue weighted by atomic mass is 10.2. The van der Waals surface area contributed by atoms with Crippen LogP contribution >= 0.6 is 11.8 Å². The van der Waals surface area contributed by atoms with Gasteiger partial charge in [-0.25, -0.2) is 0 Å². The normalized spacial score (nSPS) is 11.9. The molecule has 2 aromatic rings. The van der Waals surface area contributed by atoms with Crippen molar-refractivity contribution < 1.29 is 20.4 Å². The van der Waals surface area contributed by atoms with Gasteiger partial charge in [0.2, 0.25) is 0 Å². The molecule has 7 heteroatoms. The minimum absolute atomic E-state index is 0. The molecule has 6 nitrogen and oxygen atoms in total. The summed E-state index contributed by atoms with van der Waals surface area (Å²) in [6.45, 7) is 19.7. The number of thioether (sulfide) groups is 1. The topological polar surface area (TPSA) is 98.8 Å². The molecule has 0 bridgehead atoms. The predicted octanol–water partition coefficient (Wildman–Crippen LogP) is 4.76. The van der Waals surface area contributed by atoms with Crippen molar-refractivity contribution in [1.82, 2.24) is 4.57 Å². The Morgan fingerprint density at radius 1 is 1.16 bits per heavy atom. The predicted molar refractivity (Wildman–Crippen MR) is 137 cm³/mol.